The summed E-state index contributed by atoms with van der Waals surface area (Å²) in [5.74, 6) is -0.469. The third-order valence-electron chi connectivity index (χ3n) is 4.67. The summed E-state index contributed by atoms with van der Waals surface area (Å²) in [6, 6.07) is 20.9. The van der Waals surface area contributed by atoms with Crippen LogP contribution in [0.5, 0.6) is 0 Å². The van der Waals surface area contributed by atoms with Crippen molar-refractivity contribution in [1.82, 2.24) is 10.6 Å². The number of hydrogen-bond donors (Lipinski definition) is 3. The molecule has 0 fully saturated rings. The highest BCUT2D eigenvalue weighted by molar-refractivity contribution is 7.80. The van der Waals surface area contributed by atoms with E-state index in [0.29, 0.717) is 17.8 Å². The summed E-state index contributed by atoms with van der Waals surface area (Å²) in [6.45, 7) is 2.72. The minimum atomic E-state index is -0.334. The number of carbonyl (C=O) groups excluding carboxylic acids is 2. The summed E-state index contributed by atoms with van der Waals surface area (Å²) < 4.78 is 0. The van der Waals surface area contributed by atoms with Gasteiger partial charge in [-0.2, -0.15) is 0 Å². The van der Waals surface area contributed by atoms with E-state index in [1.54, 1.807) is 30.3 Å². The van der Waals surface area contributed by atoms with Crippen LogP contribution in [-0.4, -0.2) is 23.5 Å². The predicted octanol–water partition coefficient (Wildman–Crippen LogP) is 4.90. The summed E-state index contributed by atoms with van der Waals surface area (Å²) in [5, 5.41) is 10.8. The molecule has 3 rings (SSSR count). The lowest BCUT2D eigenvalue weighted by Crippen LogP contribution is -2.33. The van der Waals surface area contributed by atoms with Gasteiger partial charge in [0, 0.05) is 23.9 Å². The standard InChI is InChI=1S/C25H25N3O2S/c1-2-3-16-26-24(30)20-11-7-12-21(17-20)27-25(31)28-23(29)15-14-19-10-6-9-18-8-4-5-13-22(18)19/h4-15,17H,2-3,16H2,1H3,(H,26,30)(H2,27,28,29,31)/b15-14+. The van der Waals surface area contributed by atoms with Crippen LogP contribution in [0.3, 0.4) is 0 Å². The number of hydrogen-bond acceptors (Lipinski definition) is 3. The monoisotopic (exact) mass is 431 g/mol. The van der Waals surface area contributed by atoms with Gasteiger partial charge in [-0.25, -0.2) is 0 Å². The van der Waals surface area contributed by atoms with E-state index >= 15 is 0 Å². The Kier molecular flexibility index (Phi) is 7.90. The van der Waals surface area contributed by atoms with Gasteiger partial charge in [-0.05, 0) is 59.2 Å². The Morgan fingerprint density at radius 1 is 1.00 bits per heavy atom. The molecule has 3 N–H and O–H groups in total. The first-order chi connectivity index (χ1) is 15.1. The van der Waals surface area contributed by atoms with Crippen LogP contribution in [0, 0.1) is 0 Å². The van der Waals surface area contributed by atoms with Crippen molar-refractivity contribution >= 4 is 51.7 Å². The first kappa shape index (κ1) is 22.2. The second-order valence-corrected chi connectivity index (χ2v) is 7.44. The second-order valence-electron chi connectivity index (χ2n) is 7.04. The normalized spacial score (nSPS) is 10.7. The van der Waals surface area contributed by atoms with Crippen molar-refractivity contribution in [1.29, 1.82) is 0 Å². The number of nitrogens with one attached hydrogen (secondary N) is 3. The van der Waals surface area contributed by atoms with E-state index in [9.17, 15) is 9.59 Å². The minimum Gasteiger partial charge on any atom is -0.352 e. The van der Waals surface area contributed by atoms with Crippen molar-refractivity contribution in [2.75, 3.05) is 11.9 Å². The maximum atomic E-state index is 12.3. The maximum absolute atomic E-state index is 12.3. The molecule has 0 unspecified atom stereocenters. The predicted molar refractivity (Wildman–Crippen MR) is 131 cm³/mol. The van der Waals surface area contributed by atoms with Crippen molar-refractivity contribution < 1.29 is 9.59 Å². The van der Waals surface area contributed by atoms with Crippen LogP contribution in [0.15, 0.2) is 72.8 Å². The van der Waals surface area contributed by atoms with Crippen LogP contribution >= 0.6 is 12.2 Å². The van der Waals surface area contributed by atoms with Crippen molar-refractivity contribution in [3.05, 3.63) is 83.9 Å². The molecule has 3 aromatic rings. The molecule has 0 heterocycles. The Bertz CT molecular complexity index is 1120. The van der Waals surface area contributed by atoms with Gasteiger partial charge in [0.2, 0.25) is 5.91 Å². The number of amides is 2. The van der Waals surface area contributed by atoms with Crippen LogP contribution in [0.4, 0.5) is 5.69 Å². The molecule has 0 saturated heterocycles. The van der Waals surface area contributed by atoms with Crippen LogP contribution in [0.1, 0.15) is 35.7 Å². The van der Waals surface area contributed by atoms with Crippen LogP contribution in [0.2, 0.25) is 0 Å². The number of carbonyl (C=O) groups is 2. The summed E-state index contributed by atoms with van der Waals surface area (Å²) >= 11 is 5.24. The Balaban J connectivity index is 1.58. The van der Waals surface area contributed by atoms with E-state index in [-0.39, 0.29) is 16.9 Å². The molecule has 0 saturated carbocycles. The van der Waals surface area contributed by atoms with E-state index in [1.807, 2.05) is 42.5 Å². The number of unbranched alkanes of at least 4 members (excludes halogenated alkanes) is 1. The number of rotatable bonds is 7. The zero-order chi connectivity index (χ0) is 22.1. The lowest BCUT2D eigenvalue weighted by atomic mass is 10.0. The zero-order valence-corrected chi connectivity index (χ0v) is 18.2. The molecule has 0 bridgehead atoms. The smallest absolute Gasteiger partial charge is 0.251 e. The Morgan fingerprint density at radius 2 is 1.77 bits per heavy atom. The molecule has 2 amide bonds. The van der Waals surface area contributed by atoms with Gasteiger partial charge in [0.15, 0.2) is 5.11 Å². The molecule has 158 valence electrons. The molecule has 0 aliphatic heterocycles. The summed E-state index contributed by atoms with van der Waals surface area (Å²) in [4.78, 5) is 24.5. The van der Waals surface area contributed by atoms with Gasteiger partial charge in [-0.1, -0.05) is 61.9 Å². The van der Waals surface area contributed by atoms with E-state index in [1.165, 1.54) is 6.08 Å². The van der Waals surface area contributed by atoms with Crippen molar-refractivity contribution in [3.63, 3.8) is 0 Å². The van der Waals surface area contributed by atoms with Gasteiger partial charge in [0.1, 0.15) is 0 Å². The van der Waals surface area contributed by atoms with Gasteiger partial charge >= 0.3 is 0 Å². The number of fused-ring (bicyclic) bond motifs is 1. The second kappa shape index (κ2) is 11.0. The Hall–Kier alpha value is -3.51. The van der Waals surface area contributed by atoms with Crippen LogP contribution < -0.4 is 16.0 Å². The van der Waals surface area contributed by atoms with Gasteiger partial charge in [0.25, 0.3) is 5.91 Å². The molecule has 0 atom stereocenters. The largest absolute Gasteiger partial charge is 0.352 e. The fraction of sp³-hybridized carbons (Fsp3) is 0.160. The van der Waals surface area contributed by atoms with E-state index in [4.69, 9.17) is 12.2 Å². The zero-order valence-electron chi connectivity index (χ0n) is 17.4. The van der Waals surface area contributed by atoms with Crippen LogP contribution in [-0.2, 0) is 4.79 Å². The first-order valence-electron chi connectivity index (χ1n) is 10.2. The lowest BCUT2D eigenvalue weighted by Gasteiger charge is -2.10. The molecule has 0 aliphatic rings. The Labute approximate surface area is 187 Å². The fourth-order valence-corrected chi connectivity index (χ4v) is 3.31. The molecular formula is C25H25N3O2S. The minimum absolute atomic E-state index is 0.134. The molecule has 31 heavy (non-hydrogen) atoms. The molecule has 0 spiro atoms. The number of thiocarbonyl (C=S) groups is 1. The lowest BCUT2D eigenvalue weighted by molar-refractivity contribution is -0.115. The topological polar surface area (TPSA) is 70.2 Å². The van der Waals surface area contributed by atoms with Crippen molar-refractivity contribution in [3.8, 4) is 0 Å². The van der Waals surface area contributed by atoms with E-state index < -0.39 is 0 Å². The van der Waals surface area contributed by atoms with Crippen molar-refractivity contribution in [2.24, 2.45) is 0 Å². The molecule has 0 aliphatic carbocycles. The summed E-state index contributed by atoms with van der Waals surface area (Å²) in [7, 11) is 0. The van der Waals surface area contributed by atoms with Gasteiger partial charge in [-0.15, -0.1) is 0 Å². The first-order valence-corrected chi connectivity index (χ1v) is 10.6. The maximum Gasteiger partial charge on any atom is 0.251 e. The molecule has 5 nitrogen and oxygen atoms in total. The number of benzene rings is 3. The molecule has 0 radical (unpaired) electrons. The third-order valence-corrected chi connectivity index (χ3v) is 4.88. The summed E-state index contributed by atoms with van der Waals surface area (Å²) in [6.07, 6.45) is 5.17. The molecular weight excluding hydrogens is 406 g/mol. The quantitative estimate of drug-likeness (QED) is 0.283. The SMILES string of the molecule is CCCCNC(=O)c1cccc(NC(=S)NC(=O)/C=C/c2cccc3ccccc23)c1. The average molecular weight is 432 g/mol. The summed E-state index contributed by atoms with van der Waals surface area (Å²) in [5.41, 5.74) is 2.12. The highest BCUT2D eigenvalue weighted by Gasteiger charge is 2.07. The fourth-order valence-electron chi connectivity index (χ4n) is 3.10. The molecule has 0 aromatic heterocycles. The Morgan fingerprint density at radius 3 is 2.61 bits per heavy atom. The average Bonchev–Trinajstić information content (AvgIpc) is 2.77. The van der Waals surface area contributed by atoms with Crippen molar-refractivity contribution in [2.45, 2.75) is 19.8 Å². The highest BCUT2D eigenvalue weighted by atomic mass is 32.1. The third kappa shape index (κ3) is 6.49. The van der Waals surface area contributed by atoms with Gasteiger partial charge in [0.05, 0.1) is 0 Å². The highest BCUT2D eigenvalue weighted by Crippen LogP contribution is 2.19. The van der Waals surface area contributed by atoms with Crippen LogP contribution in [0.25, 0.3) is 16.8 Å². The molecule has 6 heteroatoms. The van der Waals surface area contributed by atoms with E-state index in [2.05, 4.69) is 22.9 Å². The molecule has 3 aromatic carbocycles. The van der Waals surface area contributed by atoms with Gasteiger partial charge < -0.3 is 10.6 Å². The van der Waals surface area contributed by atoms with Gasteiger partial charge in [-0.3, -0.25) is 14.9 Å². The number of anilines is 1. The van der Waals surface area contributed by atoms with E-state index in [0.717, 1.165) is 29.2 Å².